The molecule has 0 bridgehead atoms. The number of thioether (sulfide) groups is 1. The number of ether oxygens (including phenoxy) is 1. The van der Waals surface area contributed by atoms with Gasteiger partial charge in [-0.25, -0.2) is 8.42 Å². The van der Waals surface area contributed by atoms with Gasteiger partial charge in [0.25, 0.3) is 10.0 Å². The Kier molecular flexibility index (Phi) is 5.95. The fourth-order valence-electron chi connectivity index (χ4n) is 5.09. The molecule has 3 aromatic carbocycles. The van der Waals surface area contributed by atoms with Crippen molar-refractivity contribution in [2.75, 3.05) is 21.5 Å². The van der Waals surface area contributed by atoms with Crippen LogP contribution >= 0.6 is 23.4 Å². The largest absolute Gasteiger partial charge is 0.489 e. The van der Waals surface area contributed by atoms with Crippen LogP contribution in [0.4, 0.5) is 11.4 Å². The molecule has 0 radical (unpaired) electrons. The van der Waals surface area contributed by atoms with Crippen molar-refractivity contribution < 1.29 is 13.2 Å². The van der Waals surface area contributed by atoms with Gasteiger partial charge in [-0.3, -0.25) is 4.72 Å². The Morgan fingerprint density at radius 2 is 1.89 bits per heavy atom. The minimum absolute atomic E-state index is 0.119. The minimum Gasteiger partial charge on any atom is -0.489 e. The van der Waals surface area contributed by atoms with Gasteiger partial charge in [0.15, 0.2) is 0 Å². The summed E-state index contributed by atoms with van der Waals surface area (Å²) < 4.78 is 35.0. The zero-order valence-corrected chi connectivity index (χ0v) is 21.2. The molecule has 0 aromatic heterocycles. The number of allylic oxidation sites excluding steroid dienone is 2. The molecule has 3 aliphatic rings. The van der Waals surface area contributed by atoms with Crippen LogP contribution in [-0.4, -0.2) is 26.0 Å². The molecule has 0 unspecified atom stereocenters. The van der Waals surface area contributed by atoms with Crippen LogP contribution in [0.1, 0.15) is 29.5 Å². The molecule has 0 spiro atoms. The third kappa shape index (κ3) is 4.53. The number of benzene rings is 3. The molecule has 180 valence electrons. The van der Waals surface area contributed by atoms with E-state index in [1.807, 2.05) is 23.9 Å². The Labute approximate surface area is 215 Å². The molecule has 2 N–H and O–H groups in total. The second kappa shape index (κ2) is 9.12. The van der Waals surface area contributed by atoms with Crippen molar-refractivity contribution in [1.82, 2.24) is 0 Å². The van der Waals surface area contributed by atoms with Crippen molar-refractivity contribution in [3.63, 3.8) is 0 Å². The molecule has 5 nitrogen and oxygen atoms in total. The van der Waals surface area contributed by atoms with Gasteiger partial charge in [-0.15, -0.1) is 0 Å². The van der Waals surface area contributed by atoms with Crippen LogP contribution in [0.25, 0.3) is 0 Å². The third-order valence-corrected chi connectivity index (χ3v) is 9.68. The van der Waals surface area contributed by atoms with Crippen molar-refractivity contribution >= 4 is 44.8 Å². The first-order valence-electron chi connectivity index (χ1n) is 11.7. The smallest absolute Gasteiger partial charge is 0.261 e. The van der Waals surface area contributed by atoms with E-state index in [-0.39, 0.29) is 16.9 Å². The van der Waals surface area contributed by atoms with Crippen LogP contribution in [0, 0.1) is 5.92 Å². The van der Waals surface area contributed by atoms with Crippen molar-refractivity contribution in [2.24, 2.45) is 5.92 Å². The summed E-state index contributed by atoms with van der Waals surface area (Å²) in [4.78, 5) is 0.240. The second-order valence-electron chi connectivity index (χ2n) is 9.19. The van der Waals surface area contributed by atoms with Crippen LogP contribution in [-0.2, 0) is 10.0 Å². The molecule has 1 fully saturated rings. The summed E-state index contributed by atoms with van der Waals surface area (Å²) in [5, 5.41) is 4.17. The number of fused-ring (bicyclic) bond motifs is 3. The highest BCUT2D eigenvalue weighted by Crippen LogP contribution is 2.50. The summed E-state index contributed by atoms with van der Waals surface area (Å²) in [6.45, 7) is 0. The quantitative estimate of drug-likeness (QED) is 0.362. The van der Waals surface area contributed by atoms with Gasteiger partial charge in [0, 0.05) is 28.1 Å². The maximum Gasteiger partial charge on any atom is 0.261 e. The normalized spacial score (nSPS) is 23.1. The Bertz CT molecular complexity index is 1410. The van der Waals surface area contributed by atoms with Gasteiger partial charge < -0.3 is 10.1 Å². The zero-order chi connectivity index (χ0) is 24.0. The van der Waals surface area contributed by atoms with E-state index in [2.05, 4.69) is 40.4 Å². The third-order valence-electron chi connectivity index (χ3n) is 6.85. The van der Waals surface area contributed by atoms with E-state index in [0.29, 0.717) is 22.7 Å². The van der Waals surface area contributed by atoms with Gasteiger partial charge in [-0.05, 0) is 72.0 Å². The van der Waals surface area contributed by atoms with E-state index in [0.717, 1.165) is 34.9 Å². The van der Waals surface area contributed by atoms with Gasteiger partial charge in [0.2, 0.25) is 0 Å². The summed E-state index contributed by atoms with van der Waals surface area (Å²) in [7, 11) is -3.75. The molecule has 1 saturated heterocycles. The molecule has 0 saturated carbocycles. The fourth-order valence-corrected chi connectivity index (χ4v) is 6.93. The molecule has 35 heavy (non-hydrogen) atoms. The van der Waals surface area contributed by atoms with Gasteiger partial charge in [-0.1, -0.05) is 42.0 Å². The lowest BCUT2D eigenvalue weighted by Crippen LogP contribution is -2.31. The maximum absolute atomic E-state index is 13.1. The Hall–Kier alpha value is -2.61. The number of sulfonamides is 1. The average Bonchev–Trinajstić information content (AvgIpc) is 3.31. The molecule has 8 heteroatoms. The Balaban J connectivity index is 1.29. The van der Waals surface area contributed by atoms with E-state index in [4.69, 9.17) is 16.3 Å². The van der Waals surface area contributed by atoms with E-state index >= 15 is 0 Å². The minimum atomic E-state index is -3.75. The van der Waals surface area contributed by atoms with Crippen LogP contribution in [0.5, 0.6) is 5.75 Å². The van der Waals surface area contributed by atoms with Gasteiger partial charge in [0.1, 0.15) is 11.9 Å². The van der Waals surface area contributed by atoms with Crippen molar-refractivity contribution in [1.29, 1.82) is 0 Å². The number of anilines is 2. The fraction of sp³-hybridized carbons (Fsp3) is 0.259. The average molecular weight is 525 g/mol. The monoisotopic (exact) mass is 524 g/mol. The summed E-state index contributed by atoms with van der Waals surface area (Å²) in [6.07, 6.45) is 5.65. The van der Waals surface area contributed by atoms with E-state index in [1.165, 1.54) is 5.56 Å². The van der Waals surface area contributed by atoms with Gasteiger partial charge in [-0.2, -0.15) is 11.8 Å². The van der Waals surface area contributed by atoms with Crippen molar-refractivity contribution in [3.8, 4) is 5.75 Å². The van der Waals surface area contributed by atoms with Crippen LogP contribution in [0.15, 0.2) is 83.8 Å². The lowest BCUT2D eigenvalue weighted by molar-refractivity contribution is 0.240. The van der Waals surface area contributed by atoms with Crippen LogP contribution in [0.3, 0.4) is 0 Å². The Morgan fingerprint density at radius 1 is 1.03 bits per heavy atom. The second-order valence-corrected chi connectivity index (χ2v) is 12.4. The van der Waals surface area contributed by atoms with Gasteiger partial charge in [0.05, 0.1) is 16.6 Å². The van der Waals surface area contributed by atoms with E-state index in [1.54, 1.807) is 36.4 Å². The van der Waals surface area contributed by atoms with Crippen molar-refractivity contribution in [3.05, 3.63) is 95.0 Å². The summed E-state index contributed by atoms with van der Waals surface area (Å²) in [5.41, 5.74) is 3.60. The van der Waals surface area contributed by atoms with Crippen molar-refractivity contribution in [2.45, 2.75) is 29.4 Å². The van der Waals surface area contributed by atoms with Gasteiger partial charge >= 0.3 is 0 Å². The summed E-state index contributed by atoms with van der Waals surface area (Å²) >= 11 is 7.93. The van der Waals surface area contributed by atoms with E-state index < -0.39 is 10.0 Å². The molecule has 1 aliphatic carbocycles. The zero-order valence-electron chi connectivity index (χ0n) is 18.9. The SMILES string of the molecule is O=S(=O)(Nc1cccc(Cl)c1)c1ccc2c(c1)[C@H]1C=CC[C@H]1[C@@H](c1cccc(OC3CSC3)c1)N2. The topological polar surface area (TPSA) is 67.4 Å². The lowest BCUT2D eigenvalue weighted by atomic mass is 9.77. The maximum atomic E-state index is 13.1. The first kappa shape index (κ1) is 22.8. The molecule has 2 aliphatic heterocycles. The predicted octanol–water partition coefficient (Wildman–Crippen LogP) is 6.46. The number of nitrogens with one attached hydrogen (secondary N) is 2. The van der Waals surface area contributed by atoms with Crippen LogP contribution < -0.4 is 14.8 Å². The first-order chi connectivity index (χ1) is 17.0. The molecule has 6 rings (SSSR count). The highest BCUT2D eigenvalue weighted by molar-refractivity contribution is 8.00. The predicted molar refractivity (Wildman–Crippen MR) is 143 cm³/mol. The number of halogens is 1. The van der Waals surface area contributed by atoms with E-state index in [9.17, 15) is 8.42 Å². The highest BCUT2D eigenvalue weighted by Gasteiger charge is 2.38. The molecule has 0 amide bonds. The number of rotatable bonds is 6. The lowest BCUT2D eigenvalue weighted by Gasteiger charge is -2.38. The molecule has 2 heterocycles. The summed E-state index contributed by atoms with van der Waals surface area (Å²) in [6, 6.07) is 20.5. The molecular formula is C27H25ClN2O3S2. The number of hydrogen-bond donors (Lipinski definition) is 2. The first-order valence-corrected chi connectivity index (χ1v) is 14.7. The molecular weight excluding hydrogens is 500 g/mol. The standard InChI is InChI=1S/C27H25ClN2O3S2/c28-18-5-2-6-19(13-18)30-35(31,32)22-10-11-26-25(14-22)23-8-3-9-24(23)27(29-26)17-4-1-7-20(12-17)33-21-15-34-16-21/h1-8,10-14,21,23-24,27,29-30H,9,15-16H2/t23-,24+,27+/m0/s1. The number of hydrogen-bond acceptors (Lipinski definition) is 5. The van der Waals surface area contributed by atoms with Crippen LogP contribution in [0.2, 0.25) is 5.02 Å². The molecule has 3 aromatic rings. The Morgan fingerprint density at radius 3 is 2.69 bits per heavy atom. The molecule has 3 atom stereocenters. The highest BCUT2D eigenvalue weighted by atomic mass is 35.5. The summed E-state index contributed by atoms with van der Waals surface area (Å²) in [5.74, 6) is 3.45.